The summed E-state index contributed by atoms with van der Waals surface area (Å²) in [6, 6.07) is 0. The van der Waals surface area contributed by atoms with Gasteiger partial charge in [0.05, 0.1) is 0 Å². The first kappa shape index (κ1) is 9.43. The van der Waals surface area contributed by atoms with Crippen molar-refractivity contribution < 1.29 is 9.59 Å². The van der Waals surface area contributed by atoms with Crippen LogP contribution < -0.4 is 0 Å². The summed E-state index contributed by atoms with van der Waals surface area (Å²) >= 11 is 0. The molecule has 1 saturated carbocycles. The smallest absolute Gasteiger partial charge is 0.124 e. The molecule has 1 fully saturated rings. The van der Waals surface area contributed by atoms with E-state index >= 15 is 0 Å². The van der Waals surface area contributed by atoms with E-state index in [1.165, 1.54) is 0 Å². The van der Waals surface area contributed by atoms with Crippen LogP contribution in [0.3, 0.4) is 0 Å². The molecular weight excluding hydrogens is 152 g/mol. The normalized spacial score (nSPS) is 42.2. The molecule has 0 heterocycles. The average molecular weight is 168 g/mol. The minimum atomic E-state index is -0.0359. The van der Waals surface area contributed by atoms with Crippen molar-refractivity contribution in [3.8, 4) is 0 Å². The van der Waals surface area contributed by atoms with Gasteiger partial charge < -0.3 is 9.59 Å². The van der Waals surface area contributed by atoms with E-state index in [1.54, 1.807) is 0 Å². The topological polar surface area (TPSA) is 34.1 Å². The first-order chi connectivity index (χ1) is 5.70. The number of carbonyl (C=O) groups excluding carboxylic acids is 2. The Morgan fingerprint density at radius 1 is 0.917 bits per heavy atom. The van der Waals surface area contributed by atoms with Crippen LogP contribution in [0.15, 0.2) is 0 Å². The highest BCUT2D eigenvalue weighted by Gasteiger charge is 2.34. The Hall–Kier alpha value is -0.660. The minimum absolute atomic E-state index is 0.0359. The van der Waals surface area contributed by atoms with E-state index in [0.29, 0.717) is 11.8 Å². The summed E-state index contributed by atoms with van der Waals surface area (Å²) in [6.07, 6.45) is 4.07. The molecule has 4 atom stereocenters. The maximum atomic E-state index is 10.7. The van der Waals surface area contributed by atoms with Crippen molar-refractivity contribution in [1.82, 2.24) is 0 Å². The lowest BCUT2D eigenvalue weighted by molar-refractivity contribution is -0.124. The van der Waals surface area contributed by atoms with E-state index in [9.17, 15) is 9.59 Å². The summed E-state index contributed by atoms with van der Waals surface area (Å²) in [5.74, 6) is 0.695. The largest absolute Gasteiger partial charge is 0.303 e. The van der Waals surface area contributed by atoms with Crippen molar-refractivity contribution in [2.45, 2.75) is 26.7 Å². The van der Waals surface area contributed by atoms with E-state index in [0.717, 1.165) is 25.4 Å². The van der Waals surface area contributed by atoms with Crippen LogP contribution in [0.25, 0.3) is 0 Å². The monoisotopic (exact) mass is 168 g/mol. The molecule has 0 aromatic carbocycles. The lowest BCUT2D eigenvalue weighted by atomic mass is 9.69. The highest BCUT2D eigenvalue weighted by molar-refractivity contribution is 5.65. The van der Waals surface area contributed by atoms with Crippen molar-refractivity contribution in [2.75, 3.05) is 0 Å². The number of hydrogen-bond donors (Lipinski definition) is 0. The summed E-state index contributed by atoms with van der Waals surface area (Å²) in [4.78, 5) is 21.5. The lowest BCUT2D eigenvalue weighted by Gasteiger charge is -2.34. The van der Waals surface area contributed by atoms with Crippen molar-refractivity contribution in [2.24, 2.45) is 23.7 Å². The van der Waals surface area contributed by atoms with Crippen LogP contribution in [0.4, 0.5) is 0 Å². The Bertz CT molecular complexity index is 157. The van der Waals surface area contributed by atoms with Gasteiger partial charge in [0.2, 0.25) is 0 Å². The lowest BCUT2D eigenvalue weighted by Crippen LogP contribution is -2.34. The zero-order chi connectivity index (χ0) is 9.14. The molecule has 0 bridgehead atoms. The third kappa shape index (κ3) is 1.57. The van der Waals surface area contributed by atoms with Crippen LogP contribution in [-0.4, -0.2) is 12.6 Å². The fraction of sp³-hybridized carbons (Fsp3) is 0.800. The van der Waals surface area contributed by atoms with Gasteiger partial charge in [0.15, 0.2) is 0 Å². The quantitative estimate of drug-likeness (QED) is 0.588. The van der Waals surface area contributed by atoms with Crippen molar-refractivity contribution in [1.29, 1.82) is 0 Å². The maximum absolute atomic E-state index is 10.7. The molecule has 12 heavy (non-hydrogen) atoms. The average Bonchev–Trinajstić information content (AvgIpc) is 2.08. The molecule has 0 aromatic rings. The number of hydrogen-bond acceptors (Lipinski definition) is 2. The van der Waals surface area contributed by atoms with Crippen LogP contribution in [0.5, 0.6) is 0 Å². The molecule has 0 saturated heterocycles. The molecule has 1 aliphatic rings. The second kappa shape index (κ2) is 3.83. The van der Waals surface area contributed by atoms with E-state index in [2.05, 4.69) is 13.8 Å². The van der Waals surface area contributed by atoms with Crippen LogP contribution in [0.2, 0.25) is 0 Å². The van der Waals surface area contributed by atoms with E-state index in [1.807, 2.05) is 0 Å². The second-order valence-corrected chi connectivity index (χ2v) is 3.96. The number of carbonyl (C=O) groups is 2. The van der Waals surface area contributed by atoms with Crippen LogP contribution >= 0.6 is 0 Å². The summed E-state index contributed by atoms with van der Waals surface area (Å²) in [5, 5.41) is 0. The third-order valence-corrected chi connectivity index (χ3v) is 3.15. The second-order valence-electron chi connectivity index (χ2n) is 3.96. The Balaban J connectivity index is 2.74. The van der Waals surface area contributed by atoms with Crippen LogP contribution in [-0.2, 0) is 9.59 Å². The van der Waals surface area contributed by atoms with Gasteiger partial charge in [-0.05, 0) is 24.7 Å². The fourth-order valence-corrected chi connectivity index (χ4v) is 2.12. The first-order valence-corrected chi connectivity index (χ1v) is 4.61. The minimum Gasteiger partial charge on any atom is -0.303 e. The number of aldehydes is 2. The maximum Gasteiger partial charge on any atom is 0.124 e. The van der Waals surface area contributed by atoms with E-state index in [4.69, 9.17) is 0 Å². The van der Waals surface area contributed by atoms with Gasteiger partial charge in [-0.25, -0.2) is 0 Å². The third-order valence-electron chi connectivity index (χ3n) is 3.15. The highest BCUT2D eigenvalue weighted by atomic mass is 16.1. The molecule has 1 rings (SSSR count). The molecular formula is C10H16O2. The predicted molar refractivity (Wildman–Crippen MR) is 46.7 cm³/mol. The molecule has 0 radical (unpaired) electrons. The Morgan fingerprint density at radius 3 is 1.50 bits per heavy atom. The van der Waals surface area contributed by atoms with Gasteiger partial charge in [-0.1, -0.05) is 13.8 Å². The molecule has 2 heteroatoms. The van der Waals surface area contributed by atoms with Crippen LogP contribution in [0, 0.1) is 23.7 Å². The van der Waals surface area contributed by atoms with Crippen LogP contribution in [0.1, 0.15) is 26.7 Å². The molecule has 0 aromatic heterocycles. The van der Waals surface area contributed by atoms with E-state index in [-0.39, 0.29) is 11.8 Å². The molecule has 0 amide bonds. The summed E-state index contributed by atoms with van der Waals surface area (Å²) in [6.45, 7) is 4.11. The molecule has 0 N–H and O–H groups in total. The Morgan fingerprint density at radius 2 is 1.25 bits per heavy atom. The summed E-state index contributed by atoms with van der Waals surface area (Å²) in [5.41, 5.74) is 0. The predicted octanol–water partition coefficient (Wildman–Crippen LogP) is 1.68. The molecule has 0 aliphatic heterocycles. The van der Waals surface area contributed by atoms with Crippen molar-refractivity contribution in [3.63, 3.8) is 0 Å². The van der Waals surface area contributed by atoms with Gasteiger partial charge >= 0.3 is 0 Å². The Kier molecular flexibility index (Phi) is 3.01. The fourth-order valence-electron chi connectivity index (χ4n) is 2.12. The molecule has 68 valence electrons. The van der Waals surface area contributed by atoms with Gasteiger partial charge in [0.25, 0.3) is 0 Å². The van der Waals surface area contributed by atoms with Gasteiger partial charge in [-0.15, -0.1) is 0 Å². The number of rotatable bonds is 2. The SMILES string of the molecule is CC1CCC(C)C(C=O)C1C=O. The molecule has 4 unspecified atom stereocenters. The van der Waals surface area contributed by atoms with Gasteiger partial charge in [-0.3, -0.25) is 0 Å². The zero-order valence-corrected chi connectivity index (χ0v) is 7.69. The van der Waals surface area contributed by atoms with Gasteiger partial charge in [0.1, 0.15) is 12.6 Å². The standard InChI is InChI=1S/C10H16O2/c1-7-3-4-8(2)10(6-12)9(7)5-11/h5-10H,3-4H2,1-2H3. The van der Waals surface area contributed by atoms with Gasteiger partial charge in [-0.2, -0.15) is 0 Å². The summed E-state index contributed by atoms with van der Waals surface area (Å²) < 4.78 is 0. The molecule has 0 spiro atoms. The highest BCUT2D eigenvalue weighted by Crippen LogP contribution is 2.36. The molecule has 2 nitrogen and oxygen atoms in total. The summed E-state index contributed by atoms with van der Waals surface area (Å²) in [7, 11) is 0. The van der Waals surface area contributed by atoms with Crippen molar-refractivity contribution in [3.05, 3.63) is 0 Å². The molecule has 1 aliphatic carbocycles. The van der Waals surface area contributed by atoms with Gasteiger partial charge in [0, 0.05) is 11.8 Å². The van der Waals surface area contributed by atoms with E-state index < -0.39 is 0 Å². The zero-order valence-electron chi connectivity index (χ0n) is 7.69. The Labute approximate surface area is 73.3 Å². The van der Waals surface area contributed by atoms with Crippen molar-refractivity contribution >= 4 is 12.6 Å². The first-order valence-electron chi connectivity index (χ1n) is 4.61.